The largest absolute Gasteiger partial charge is 0.0845 e. The van der Waals surface area contributed by atoms with Crippen molar-refractivity contribution in [3.8, 4) is 0 Å². The zero-order valence-electron chi connectivity index (χ0n) is 7.69. The van der Waals surface area contributed by atoms with Crippen molar-refractivity contribution < 1.29 is 0 Å². The van der Waals surface area contributed by atoms with Crippen molar-refractivity contribution in [3.63, 3.8) is 0 Å². The Kier molecular flexibility index (Phi) is 1.55. The maximum absolute atomic E-state index is 2.42. The Morgan fingerprint density at radius 2 is 1.46 bits per heavy atom. The fourth-order valence-corrected chi connectivity index (χ4v) is 2.95. The highest BCUT2D eigenvalue weighted by Gasteiger charge is 2.38. The van der Waals surface area contributed by atoms with Crippen molar-refractivity contribution in [2.24, 2.45) is 11.8 Å². The van der Waals surface area contributed by atoms with Gasteiger partial charge in [-0.15, -0.1) is 0 Å². The van der Waals surface area contributed by atoms with Crippen molar-refractivity contribution in [1.29, 1.82) is 0 Å². The molecule has 1 fully saturated rings. The third-order valence-electron chi connectivity index (χ3n) is 3.55. The molecule has 1 saturated carbocycles. The van der Waals surface area contributed by atoms with Gasteiger partial charge in [-0.05, 0) is 36.2 Å². The first-order chi connectivity index (χ1) is 6.45. The lowest BCUT2D eigenvalue weighted by Crippen LogP contribution is -2.04. The smallest absolute Gasteiger partial charge is 0.00361 e. The minimum absolute atomic E-state index is 0.807. The van der Waals surface area contributed by atoms with Gasteiger partial charge in [-0.3, -0.25) is 0 Å². The molecule has 0 nitrogen and oxygen atoms in total. The van der Waals surface area contributed by atoms with Gasteiger partial charge in [0.25, 0.3) is 0 Å². The first-order valence-corrected chi connectivity index (χ1v) is 5.18. The predicted molar refractivity (Wildman–Crippen MR) is 54.5 cm³/mol. The number of benzene rings is 1. The number of rotatable bonds is 1. The number of fused-ring (bicyclic) bond motifs is 2. The van der Waals surface area contributed by atoms with E-state index in [1.54, 1.807) is 5.56 Å². The molecule has 2 bridgehead atoms. The monoisotopic (exact) mass is 170 g/mol. The third-order valence-corrected chi connectivity index (χ3v) is 3.55. The predicted octanol–water partition coefficient (Wildman–Crippen LogP) is 3.37. The zero-order valence-corrected chi connectivity index (χ0v) is 7.69. The lowest BCUT2D eigenvalue weighted by Gasteiger charge is -2.15. The van der Waals surface area contributed by atoms with Gasteiger partial charge >= 0.3 is 0 Å². The highest BCUT2D eigenvalue weighted by Crippen LogP contribution is 2.49. The molecule has 0 amide bonds. The average molecular weight is 170 g/mol. The standard InChI is InChI=1S/C13H14/c1-2-4-10(5-3-1)13-11-6-7-12(13)9-8-11/h1-7,11-13H,8-9H2. The Morgan fingerprint density at radius 3 is 2.00 bits per heavy atom. The average Bonchev–Trinajstić information content (AvgIpc) is 2.78. The van der Waals surface area contributed by atoms with Crippen LogP contribution in [-0.4, -0.2) is 0 Å². The van der Waals surface area contributed by atoms with Gasteiger partial charge in [0.1, 0.15) is 0 Å². The Balaban J connectivity index is 1.96. The first-order valence-electron chi connectivity index (χ1n) is 5.18. The maximum Gasteiger partial charge on any atom is -0.00361 e. The molecule has 0 N–H and O–H groups in total. The summed E-state index contributed by atoms with van der Waals surface area (Å²) in [5, 5.41) is 0. The van der Waals surface area contributed by atoms with E-state index in [1.165, 1.54) is 12.8 Å². The third kappa shape index (κ3) is 1.05. The lowest BCUT2D eigenvalue weighted by molar-refractivity contribution is 0.569. The van der Waals surface area contributed by atoms with E-state index in [4.69, 9.17) is 0 Å². The van der Waals surface area contributed by atoms with E-state index >= 15 is 0 Å². The molecule has 0 saturated heterocycles. The van der Waals surface area contributed by atoms with Crippen molar-refractivity contribution in [2.75, 3.05) is 0 Å². The summed E-state index contributed by atoms with van der Waals surface area (Å²) in [5.41, 5.74) is 1.54. The quantitative estimate of drug-likeness (QED) is 0.567. The number of hydrogen-bond acceptors (Lipinski definition) is 0. The van der Waals surface area contributed by atoms with E-state index in [9.17, 15) is 0 Å². The molecule has 0 spiro atoms. The van der Waals surface area contributed by atoms with Crippen molar-refractivity contribution in [1.82, 2.24) is 0 Å². The molecule has 2 unspecified atom stereocenters. The van der Waals surface area contributed by atoms with Gasteiger partial charge < -0.3 is 0 Å². The van der Waals surface area contributed by atoms with Crippen LogP contribution in [0.15, 0.2) is 42.5 Å². The molecule has 2 aliphatic rings. The second kappa shape index (κ2) is 2.73. The van der Waals surface area contributed by atoms with Crippen LogP contribution >= 0.6 is 0 Å². The van der Waals surface area contributed by atoms with E-state index in [-0.39, 0.29) is 0 Å². The number of hydrogen-bond donors (Lipinski definition) is 0. The van der Waals surface area contributed by atoms with Gasteiger partial charge in [0.05, 0.1) is 0 Å². The van der Waals surface area contributed by atoms with Crippen LogP contribution in [0.25, 0.3) is 0 Å². The Bertz CT molecular complexity index is 309. The summed E-state index contributed by atoms with van der Waals surface area (Å²) in [6, 6.07) is 11.0. The highest BCUT2D eigenvalue weighted by atomic mass is 14.4. The molecular weight excluding hydrogens is 156 g/mol. The van der Waals surface area contributed by atoms with Crippen LogP contribution in [-0.2, 0) is 0 Å². The first kappa shape index (κ1) is 7.37. The molecule has 0 heterocycles. The van der Waals surface area contributed by atoms with Crippen LogP contribution in [0.1, 0.15) is 24.3 Å². The lowest BCUT2D eigenvalue weighted by atomic mass is 9.89. The molecule has 1 aromatic rings. The van der Waals surface area contributed by atoms with Gasteiger partial charge in [0, 0.05) is 0 Å². The van der Waals surface area contributed by atoms with Crippen molar-refractivity contribution >= 4 is 0 Å². The van der Waals surface area contributed by atoms with E-state index in [1.807, 2.05) is 0 Å². The Hall–Kier alpha value is -1.04. The van der Waals surface area contributed by atoms with Crippen LogP contribution in [0.5, 0.6) is 0 Å². The summed E-state index contributed by atoms with van der Waals surface area (Å²) in [6.45, 7) is 0. The van der Waals surface area contributed by atoms with Crippen molar-refractivity contribution in [3.05, 3.63) is 48.0 Å². The van der Waals surface area contributed by atoms with E-state index in [0.717, 1.165) is 17.8 Å². The fraction of sp³-hybridized carbons (Fsp3) is 0.385. The number of allylic oxidation sites excluding steroid dienone is 2. The second-order valence-electron chi connectivity index (χ2n) is 4.23. The highest BCUT2D eigenvalue weighted by molar-refractivity contribution is 5.29. The van der Waals surface area contributed by atoms with Gasteiger partial charge in [0.15, 0.2) is 0 Å². The molecule has 0 radical (unpaired) electrons. The summed E-state index contributed by atoms with van der Waals surface area (Å²) in [4.78, 5) is 0. The van der Waals surface area contributed by atoms with Gasteiger partial charge in [-0.2, -0.15) is 0 Å². The minimum atomic E-state index is 0.807. The zero-order chi connectivity index (χ0) is 8.67. The van der Waals surface area contributed by atoms with E-state index in [2.05, 4.69) is 42.5 Å². The van der Waals surface area contributed by atoms with Gasteiger partial charge in [0.2, 0.25) is 0 Å². The molecule has 1 aromatic carbocycles. The molecule has 2 aliphatic carbocycles. The summed E-state index contributed by atoms with van der Waals surface area (Å²) in [6.07, 6.45) is 7.65. The molecule has 13 heavy (non-hydrogen) atoms. The summed E-state index contributed by atoms with van der Waals surface area (Å²) in [7, 11) is 0. The van der Waals surface area contributed by atoms with Gasteiger partial charge in [-0.1, -0.05) is 42.5 Å². The van der Waals surface area contributed by atoms with E-state index < -0.39 is 0 Å². The second-order valence-corrected chi connectivity index (χ2v) is 4.23. The molecule has 2 atom stereocenters. The van der Waals surface area contributed by atoms with Crippen LogP contribution < -0.4 is 0 Å². The van der Waals surface area contributed by atoms with Crippen LogP contribution in [0.2, 0.25) is 0 Å². The Morgan fingerprint density at radius 1 is 0.846 bits per heavy atom. The summed E-state index contributed by atoms with van der Waals surface area (Å²) in [5.74, 6) is 2.49. The molecule has 0 aromatic heterocycles. The summed E-state index contributed by atoms with van der Waals surface area (Å²) < 4.78 is 0. The van der Waals surface area contributed by atoms with Crippen LogP contribution in [0.4, 0.5) is 0 Å². The topological polar surface area (TPSA) is 0 Å². The van der Waals surface area contributed by atoms with Crippen molar-refractivity contribution in [2.45, 2.75) is 18.8 Å². The maximum atomic E-state index is 2.42. The molecular formula is C13H14. The SMILES string of the molecule is C1=CC2CCC1C2c1ccccc1. The summed E-state index contributed by atoms with van der Waals surface area (Å²) >= 11 is 0. The fourth-order valence-electron chi connectivity index (χ4n) is 2.95. The normalized spacial score (nSPS) is 35.5. The van der Waals surface area contributed by atoms with Crippen LogP contribution in [0.3, 0.4) is 0 Å². The molecule has 66 valence electrons. The van der Waals surface area contributed by atoms with Gasteiger partial charge in [-0.25, -0.2) is 0 Å². The molecule has 3 rings (SSSR count). The Labute approximate surface area is 79.3 Å². The molecule has 0 heteroatoms. The molecule has 0 aliphatic heterocycles. The van der Waals surface area contributed by atoms with E-state index in [0.29, 0.717) is 0 Å². The minimum Gasteiger partial charge on any atom is -0.0845 e. The van der Waals surface area contributed by atoms with Crippen LogP contribution in [0, 0.1) is 11.8 Å².